The fourth-order valence-corrected chi connectivity index (χ4v) is 6.73. The van der Waals surface area contributed by atoms with E-state index in [4.69, 9.17) is 9.72 Å². The van der Waals surface area contributed by atoms with Gasteiger partial charge in [0.1, 0.15) is 24.2 Å². The van der Waals surface area contributed by atoms with E-state index in [1.54, 1.807) is 39.0 Å². The highest BCUT2D eigenvalue weighted by Crippen LogP contribution is 2.42. The number of nitrogens with one attached hydrogen (secondary N) is 2. The van der Waals surface area contributed by atoms with E-state index in [1.165, 1.54) is 11.1 Å². The molecule has 0 fully saturated rings. The summed E-state index contributed by atoms with van der Waals surface area (Å²) in [5, 5.41) is 7.33. The van der Waals surface area contributed by atoms with Crippen molar-refractivity contribution < 1.29 is 9.30 Å². The van der Waals surface area contributed by atoms with E-state index in [-0.39, 0.29) is 0 Å². The summed E-state index contributed by atoms with van der Waals surface area (Å²) in [7, 11) is 3.19. The van der Waals surface area contributed by atoms with E-state index in [0.29, 0.717) is 44.3 Å². The van der Waals surface area contributed by atoms with Crippen molar-refractivity contribution in [3.05, 3.63) is 58.5 Å². The summed E-state index contributed by atoms with van der Waals surface area (Å²) >= 11 is 3.55. The standard InChI is InChI=1S/C27H31BrN7O2P/c1-35(2)22-8-6-7-16-13-21(23(37-3)14-17(16)22)33-27-31-15-18(28)26(34-27)32-20-10-9-19-24(30-12-11-29-19)25(20)38(4,5)36/h9-15,22H,6-8H2,1-5H3,(H2,31,32,33,34). The maximum Gasteiger partial charge on any atom is 0.229 e. The molecule has 2 aromatic heterocycles. The van der Waals surface area contributed by atoms with Gasteiger partial charge in [0.25, 0.3) is 0 Å². The van der Waals surface area contributed by atoms with Crippen LogP contribution in [0.1, 0.15) is 30.0 Å². The van der Waals surface area contributed by atoms with Crippen LogP contribution >= 0.6 is 23.1 Å². The first-order valence-corrected chi connectivity index (χ1v) is 15.8. The number of aryl methyl sites for hydroxylation is 1. The topological polar surface area (TPSA) is 105 Å². The largest absolute Gasteiger partial charge is 0.495 e. The fraction of sp³-hybridized carbons (Fsp3) is 0.333. The summed E-state index contributed by atoms with van der Waals surface area (Å²) in [6.07, 6.45) is 8.22. The predicted octanol–water partition coefficient (Wildman–Crippen LogP) is 5.87. The number of nitrogens with zero attached hydrogens (tertiary/aromatic N) is 5. The van der Waals surface area contributed by atoms with Gasteiger partial charge in [-0.1, -0.05) is 0 Å². The van der Waals surface area contributed by atoms with Crippen molar-refractivity contribution in [2.45, 2.75) is 25.3 Å². The molecule has 0 bridgehead atoms. The highest BCUT2D eigenvalue weighted by molar-refractivity contribution is 9.10. The molecule has 0 saturated carbocycles. The van der Waals surface area contributed by atoms with E-state index >= 15 is 0 Å². The molecule has 2 aromatic carbocycles. The molecule has 0 radical (unpaired) electrons. The number of anilines is 4. The molecule has 9 nitrogen and oxygen atoms in total. The fourth-order valence-electron chi connectivity index (χ4n) is 5.04. The third kappa shape index (κ3) is 5.25. The van der Waals surface area contributed by atoms with Crippen LogP contribution in [0.25, 0.3) is 11.0 Å². The Morgan fingerprint density at radius 3 is 2.61 bits per heavy atom. The second kappa shape index (κ2) is 10.6. The number of hydrogen-bond acceptors (Lipinski definition) is 9. The van der Waals surface area contributed by atoms with Gasteiger partial charge in [-0.25, -0.2) is 4.98 Å². The molecule has 38 heavy (non-hydrogen) atoms. The number of methoxy groups -OCH3 is 1. The Morgan fingerprint density at radius 2 is 1.87 bits per heavy atom. The first kappa shape index (κ1) is 26.5. The lowest BCUT2D eigenvalue weighted by Gasteiger charge is -2.31. The highest BCUT2D eigenvalue weighted by atomic mass is 79.9. The number of ether oxygens (including phenoxy) is 1. The second-order valence-corrected chi connectivity index (χ2v) is 14.0. The van der Waals surface area contributed by atoms with Crippen molar-refractivity contribution in [1.82, 2.24) is 24.8 Å². The zero-order valence-electron chi connectivity index (χ0n) is 22.1. The minimum Gasteiger partial charge on any atom is -0.495 e. The van der Waals surface area contributed by atoms with Crippen molar-refractivity contribution in [3.8, 4) is 5.75 Å². The summed E-state index contributed by atoms with van der Waals surface area (Å²) < 4.78 is 19.7. The van der Waals surface area contributed by atoms with Crippen molar-refractivity contribution >= 4 is 62.6 Å². The molecule has 1 unspecified atom stereocenters. The maximum atomic E-state index is 13.3. The number of hydrogen-bond donors (Lipinski definition) is 2. The van der Waals surface area contributed by atoms with Crippen LogP contribution in [-0.4, -0.2) is 59.4 Å². The maximum absolute atomic E-state index is 13.3. The van der Waals surface area contributed by atoms with E-state index in [2.05, 4.69) is 72.6 Å². The lowest BCUT2D eigenvalue weighted by molar-refractivity contribution is 0.267. The van der Waals surface area contributed by atoms with E-state index in [0.717, 1.165) is 30.7 Å². The van der Waals surface area contributed by atoms with Crippen LogP contribution in [0, 0.1) is 0 Å². The molecule has 4 aromatic rings. The van der Waals surface area contributed by atoms with Gasteiger partial charge in [-0.15, -0.1) is 0 Å². The summed E-state index contributed by atoms with van der Waals surface area (Å²) in [6.45, 7) is 3.46. The van der Waals surface area contributed by atoms with Gasteiger partial charge in [0.05, 0.1) is 33.8 Å². The van der Waals surface area contributed by atoms with Crippen LogP contribution in [0.4, 0.5) is 23.1 Å². The molecule has 1 atom stereocenters. The Hall–Kier alpha value is -3.07. The zero-order valence-corrected chi connectivity index (χ0v) is 24.6. The average Bonchev–Trinajstić information content (AvgIpc) is 2.88. The number of aromatic nitrogens is 4. The SMILES string of the molecule is COc1cc2c(cc1Nc1ncc(Br)c(Nc3ccc4nccnc4c3P(C)(C)=O)n1)CCCC2N(C)C. The van der Waals surface area contributed by atoms with Crippen LogP contribution in [0.2, 0.25) is 0 Å². The summed E-state index contributed by atoms with van der Waals surface area (Å²) in [5.41, 5.74) is 5.39. The smallest absolute Gasteiger partial charge is 0.229 e. The monoisotopic (exact) mass is 595 g/mol. The lowest BCUT2D eigenvalue weighted by Crippen LogP contribution is -2.24. The van der Waals surface area contributed by atoms with Gasteiger partial charge in [0, 0.05) is 24.6 Å². The molecule has 11 heteroatoms. The van der Waals surface area contributed by atoms with Crippen LogP contribution in [-0.2, 0) is 11.0 Å². The van der Waals surface area contributed by atoms with Crippen LogP contribution in [0.3, 0.4) is 0 Å². The normalized spacial score (nSPS) is 15.4. The second-order valence-electron chi connectivity index (χ2n) is 10.00. The molecular formula is C27H31BrN7O2P. The molecule has 198 valence electrons. The zero-order chi connectivity index (χ0) is 27.0. The molecule has 0 aliphatic heterocycles. The van der Waals surface area contributed by atoms with Gasteiger partial charge >= 0.3 is 0 Å². The Balaban J connectivity index is 1.50. The van der Waals surface area contributed by atoms with Crippen molar-refractivity contribution in [2.75, 3.05) is 45.2 Å². The van der Waals surface area contributed by atoms with Crippen LogP contribution in [0.5, 0.6) is 5.75 Å². The summed E-state index contributed by atoms with van der Waals surface area (Å²) in [6, 6.07) is 8.36. The third-order valence-electron chi connectivity index (χ3n) is 6.76. The van der Waals surface area contributed by atoms with E-state index in [9.17, 15) is 4.57 Å². The molecule has 1 aliphatic carbocycles. The third-order valence-corrected chi connectivity index (χ3v) is 8.87. The average molecular weight is 596 g/mol. The Kier molecular flexibility index (Phi) is 7.40. The van der Waals surface area contributed by atoms with E-state index in [1.807, 2.05) is 12.1 Å². The molecule has 0 amide bonds. The van der Waals surface area contributed by atoms with Crippen LogP contribution in [0.15, 0.2) is 47.3 Å². The first-order valence-electron chi connectivity index (χ1n) is 12.4. The Bertz CT molecular complexity index is 1560. The number of rotatable bonds is 7. The van der Waals surface area contributed by atoms with Gasteiger partial charge in [0.2, 0.25) is 5.95 Å². The molecule has 2 N–H and O–H groups in total. The number of fused-ring (bicyclic) bond motifs is 2. The van der Waals surface area contributed by atoms with Crippen molar-refractivity contribution in [2.24, 2.45) is 0 Å². The molecule has 0 spiro atoms. The highest BCUT2D eigenvalue weighted by Gasteiger charge is 2.25. The minimum absolute atomic E-state index is 0.371. The van der Waals surface area contributed by atoms with E-state index < -0.39 is 7.14 Å². The molecule has 2 heterocycles. The number of halogens is 1. The lowest BCUT2D eigenvalue weighted by atomic mass is 9.86. The quantitative estimate of drug-likeness (QED) is 0.254. The molecule has 1 aliphatic rings. The molecule has 5 rings (SSSR count). The molecular weight excluding hydrogens is 565 g/mol. The van der Waals surface area contributed by atoms with Gasteiger partial charge < -0.3 is 24.8 Å². The van der Waals surface area contributed by atoms with Crippen molar-refractivity contribution in [3.63, 3.8) is 0 Å². The summed E-state index contributed by atoms with van der Waals surface area (Å²) in [5.74, 6) is 1.68. The van der Waals surface area contributed by atoms with Crippen LogP contribution < -0.4 is 20.7 Å². The number of benzene rings is 2. The van der Waals surface area contributed by atoms with Gasteiger partial charge in [0.15, 0.2) is 0 Å². The van der Waals surface area contributed by atoms with Gasteiger partial charge in [-0.3, -0.25) is 9.97 Å². The van der Waals surface area contributed by atoms with Gasteiger partial charge in [-0.05, 0) is 98.0 Å². The molecule has 0 saturated heterocycles. The summed E-state index contributed by atoms with van der Waals surface area (Å²) in [4.78, 5) is 20.3. The Labute approximate surface area is 231 Å². The van der Waals surface area contributed by atoms with Gasteiger partial charge in [-0.2, -0.15) is 4.98 Å². The Morgan fingerprint density at radius 1 is 1.08 bits per heavy atom. The minimum atomic E-state index is -2.71. The first-order chi connectivity index (χ1) is 18.2. The van der Waals surface area contributed by atoms with Crippen molar-refractivity contribution in [1.29, 1.82) is 0 Å². The predicted molar refractivity (Wildman–Crippen MR) is 157 cm³/mol.